The Morgan fingerprint density at radius 2 is 1.40 bits per heavy atom. The van der Waals surface area contributed by atoms with E-state index in [0.717, 1.165) is 0 Å². The van der Waals surface area contributed by atoms with Gasteiger partial charge >= 0.3 is 0 Å². The van der Waals surface area contributed by atoms with Gasteiger partial charge in [-0.25, -0.2) is 0 Å². The molecule has 0 saturated heterocycles. The minimum absolute atomic E-state index is 0. The van der Waals surface area contributed by atoms with Gasteiger partial charge in [0, 0.05) is 21.1 Å². The summed E-state index contributed by atoms with van der Waals surface area (Å²) in [4.78, 5) is 0. The van der Waals surface area contributed by atoms with E-state index in [0.29, 0.717) is 0 Å². The smallest absolute Gasteiger partial charge is 0.284 e. The predicted molar refractivity (Wildman–Crippen MR) is 13.4 cm³/mol. The Hall–Kier alpha value is 0.758. The van der Waals surface area contributed by atoms with Crippen molar-refractivity contribution in [3.63, 3.8) is 0 Å². The molecule has 5 heavy (non-hydrogen) atoms. The van der Waals surface area contributed by atoms with Crippen LogP contribution in [-0.4, -0.2) is 13.3 Å². The van der Waals surface area contributed by atoms with E-state index in [9.17, 15) is 0 Å². The molecular weight excluding hydrogens is 264 g/mol. The molecule has 0 heterocycles. The first-order valence-electron chi connectivity index (χ1n) is 0.532. The van der Waals surface area contributed by atoms with Crippen LogP contribution in [0.3, 0.4) is 0 Å². The van der Waals surface area contributed by atoms with Gasteiger partial charge in [0.2, 0.25) is 0 Å². The van der Waals surface area contributed by atoms with Crippen molar-refractivity contribution in [2.75, 3.05) is 0 Å². The molecule has 0 aromatic rings. The third-order valence-corrected chi connectivity index (χ3v) is 0. The molecular formula is H2O3SW. The van der Waals surface area contributed by atoms with Gasteiger partial charge in [0.05, 0.1) is 0 Å². The van der Waals surface area contributed by atoms with Crippen LogP contribution in [0.25, 0.3) is 0 Å². The van der Waals surface area contributed by atoms with E-state index in [1.807, 2.05) is 0 Å². The molecule has 0 atom stereocenters. The SMILES string of the molecule is O=S(O)O.[W]. The Morgan fingerprint density at radius 1 is 1.40 bits per heavy atom. The van der Waals surface area contributed by atoms with Crippen LogP contribution in [0.5, 0.6) is 0 Å². The van der Waals surface area contributed by atoms with E-state index in [1.54, 1.807) is 0 Å². The fourth-order valence-corrected chi connectivity index (χ4v) is 0. The van der Waals surface area contributed by atoms with Gasteiger partial charge in [0.25, 0.3) is 11.4 Å². The monoisotopic (exact) mass is 266 g/mol. The molecule has 32 valence electrons. The quantitative estimate of drug-likeness (QED) is 0.591. The molecule has 0 radical (unpaired) electrons. The predicted octanol–water partition coefficient (Wildman–Crippen LogP) is -0.321. The summed E-state index contributed by atoms with van der Waals surface area (Å²) in [6.07, 6.45) is 0. The van der Waals surface area contributed by atoms with E-state index >= 15 is 0 Å². The molecule has 0 rings (SSSR count). The van der Waals surface area contributed by atoms with Crippen molar-refractivity contribution in [2.45, 2.75) is 0 Å². The summed E-state index contributed by atoms with van der Waals surface area (Å²) in [5, 5.41) is 0. The zero-order chi connectivity index (χ0) is 3.58. The van der Waals surface area contributed by atoms with Gasteiger partial charge in [0.15, 0.2) is 0 Å². The van der Waals surface area contributed by atoms with E-state index in [2.05, 4.69) is 0 Å². The summed E-state index contributed by atoms with van der Waals surface area (Å²) in [7, 11) is 0. The first kappa shape index (κ1) is 9.23. The third-order valence-electron chi connectivity index (χ3n) is 0. The van der Waals surface area contributed by atoms with Crippen LogP contribution >= 0.6 is 0 Å². The molecule has 2 N–H and O–H groups in total. The van der Waals surface area contributed by atoms with Crippen LogP contribution in [0.4, 0.5) is 0 Å². The summed E-state index contributed by atoms with van der Waals surface area (Å²) < 4.78 is 22.8. The Bertz CT molecular complexity index is 29.9. The van der Waals surface area contributed by atoms with Crippen LogP contribution in [0.15, 0.2) is 0 Å². The normalized spacial score (nSPS) is 7.00. The minimum atomic E-state index is -2.61. The summed E-state index contributed by atoms with van der Waals surface area (Å²) >= 11 is -2.61. The Kier molecular flexibility index (Phi) is 8.78. The van der Waals surface area contributed by atoms with Crippen molar-refractivity contribution < 1.29 is 34.4 Å². The maximum absolute atomic E-state index is 8.67. The van der Waals surface area contributed by atoms with Crippen molar-refractivity contribution in [3.8, 4) is 0 Å². The largest absolute Gasteiger partial charge is 0.299 e. The average Bonchev–Trinajstić information content (AvgIpc) is 0.811. The maximum Gasteiger partial charge on any atom is 0.299 e. The molecule has 0 unspecified atom stereocenters. The van der Waals surface area contributed by atoms with Crippen molar-refractivity contribution in [3.05, 3.63) is 0 Å². The molecule has 0 aliphatic carbocycles. The van der Waals surface area contributed by atoms with E-state index in [-0.39, 0.29) is 21.1 Å². The molecule has 0 aromatic carbocycles. The van der Waals surface area contributed by atoms with E-state index in [1.165, 1.54) is 0 Å². The first-order chi connectivity index (χ1) is 1.73. The summed E-state index contributed by atoms with van der Waals surface area (Å²) in [5.41, 5.74) is 0. The van der Waals surface area contributed by atoms with Gasteiger partial charge in [-0.3, -0.25) is 9.11 Å². The molecule has 5 heteroatoms. The number of rotatable bonds is 0. The zero-order valence-corrected chi connectivity index (χ0v) is 5.87. The first-order valence-corrected chi connectivity index (χ1v) is 1.60. The van der Waals surface area contributed by atoms with Crippen molar-refractivity contribution in [2.24, 2.45) is 0 Å². The van der Waals surface area contributed by atoms with Crippen molar-refractivity contribution >= 4 is 11.4 Å². The second-order valence-electron chi connectivity index (χ2n) is 0.231. The van der Waals surface area contributed by atoms with Crippen LogP contribution in [0.1, 0.15) is 0 Å². The van der Waals surface area contributed by atoms with Crippen LogP contribution in [-0.2, 0) is 32.4 Å². The molecule has 3 nitrogen and oxygen atoms in total. The molecule has 0 fully saturated rings. The van der Waals surface area contributed by atoms with Gasteiger partial charge < -0.3 is 0 Å². The van der Waals surface area contributed by atoms with Crippen LogP contribution in [0, 0.1) is 0 Å². The molecule has 0 saturated carbocycles. The molecule has 0 aromatic heterocycles. The second-order valence-corrected chi connectivity index (χ2v) is 0.692. The van der Waals surface area contributed by atoms with Gasteiger partial charge in [0.1, 0.15) is 0 Å². The van der Waals surface area contributed by atoms with Gasteiger partial charge in [-0.15, -0.1) is 0 Å². The van der Waals surface area contributed by atoms with E-state index in [4.69, 9.17) is 13.3 Å². The number of hydrogen-bond acceptors (Lipinski definition) is 1. The fourth-order valence-electron chi connectivity index (χ4n) is 0. The Balaban J connectivity index is 0. The Labute approximate surface area is 46.1 Å². The molecule has 0 aliphatic heterocycles. The van der Waals surface area contributed by atoms with Crippen LogP contribution < -0.4 is 0 Å². The number of hydrogen-bond donors (Lipinski definition) is 2. The van der Waals surface area contributed by atoms with Gasteiger partial charge in [-0.1, -0.05) is 0 Å². The van der Waals surface area contributed by atoms with Crippen LogP contribution in [0.2, 0.25) is 0 Å². The molecule has 0 aliphatic rings. The summed E-state index contributed by atoms with van der Waals surface area (Å²) in [6, 6.07) is 0. The van der Waals surface area contributed by atoms with Crippen molar-refractivity contribution in [1.29, 1.82) is 0 Å². The molecule has 0 amide bonds. The van der Waals surface area contributed by atoms with Gasteiger partial charge in [-0.05, 0) is 0 Å². The average molecular weight is 266 g/mol. The fraction of sp³-hybridized carbons (Fsp3) is 0. The minimum Gasteiger partial charge on any atom is -0.284 e. The zero-order valence-electron chi connectivity index (χ0n) is 2.12. The summed E-state index contributed by atoms with van der Waals surface area (Å²) in [6.45, 7) is 0. The second kappa shape index (κ2) is 4.76. The Morgan fingerprint density at radius 3 is 1.40 bits per heavy atom. The topological polar surface area (TPSA) is 57.5 Å². The van der Waals surface area contributed by atoms with Gasteiger partial charge in [-0.2, -0.15) is 4.21 Å². The molecule has 0 bridgehead atoms. The van der Waals surface area contributed by atoms with E-state index < -0.39 is 11.4 Å². The third kappa shape index (κ3) is 63.0. The van der Waals surface area contributed by atoms with Crippen molar-refractivity contribution in [1.82, 2.24) is 0 Å². The maximum atomic E-state index is 8.67. The molecule has 0 spiro atoms. The summed E-state index contributed by atoms with van der Waals surface area (Å²) in [5.74, 6) is 0. The standard InChI is InChI=1S/H2O3S.W/c1-4(2)3;/h(H2,1,2,3);.